The van der Waals surface area contributed by atoms with Crippen LogP contribution >= 0.6 is 0 Å². The summed E-state index contributed by atoms with van der Waals surface area (Å²) < 4.78 is 18.3. The van der Waals surface area contributed by atoms with Crippen molar-refractivity contribution in [2.45, 2.75) is 45.1 Å². The van der Waals surface area contributed by atoms with Crippen molar-refractivity contribution in [1.29, 1.82) is 0 Å². The fourth-order valence-corrected chi connectivity index (χ4v) is 1.96. The number of nitrogens with zero attached hydrogens (tertiary/aromatic N) is 2. The maximum atomic E-state index is 13.0. The lowest BCUT2D eigenvalue weighted by Crippen LogP contribution is -2.21. The number of hydrogen-bond acceptors (Lipinski definition) is 4. The molecule has 1 atom stereocenters. The van der Waals surface area contributed by atoms with E-state index in [4.69, 9.17) is 10.3 Å². The predicted octanol–water partition coefficient (Wildman–Crippen LogP) is 2.81. The van der Waals surface area contributed by atoms with Crippen LogP contribution in [0.25, 0.3) is 0 Å². The minimum Gasteiger partial charge on any atom is -0.339 e. The number of rotatable bonds is 5. The summed E-state index contributed by atoms with van der Waals surface area (Å²) in [6.07, 6.45) is 1.47. The van der Waals surface area contributed by atoms with E-state index < -0.39 is 5.41 Å². The molecule has 20 heavy (non-hydrogen) atoms. The highest BCUT2D eigenvalue weighted by molar-refractivity contribution is 5.30. The molecular weight excluding hydrogens is 257 g/mol. The highest BCUT2D eigenvalue weighted by Gasteiger charge is 2.28. The molecule has 0 saturated heterocycles. The standard InChI is InChI=1S/C15H20FN3O/c1-10(17)4-9-13-18-14(19-20-13)15(2,3)11-5-7-12(16)8-6-11/h5-8,10H,4,9,17H2,1-3H3. The van der Waals surface area contributed by atoms with Crippen LogP contribution in [0.4, 0.5) is 4.39 Å². The van der Waals surface area contributed by atoms with Gasteiger partial charge >= 0.3 is 0 Å². The molecule has 1 aromatic heterocycles. The minimum absolute atomic E-state index is 0.107. The van der Waals surface area contributed by atoms with Crippen LogP contribution in [0.1, 0.15) is 44.5 Å². The molecule has 108 valence electrons. The van der Waals surface area contributed by atoms with Crippen molar-refractivity contribution >= 4 is 0 Å². The SMILES string of the molecule is CC(N)CCc1nc(C(C)(C)c2ccc(F)cc2)no1. The Hall–Kier alpha value is -1.75. The molecule has 1 heterocycles. The largest absolute Gasteiger partial charge is 0.339 e. The van der Waals surface area contributed by atoms with E-state index in [-0.39, 0.29) is 11.9 Å². The van der Waals surface area contributed by atoms with Crippen LogP contribution in [0, 0.1) is 5.82 Å². The molecule has 0 amide bonds. The van der Waals surface area contributed by atoms with Gasteiger partial charge in [0.15, 0.2) is 5.82 Å². The molecule has 2 aromatic rings. The molecule has 0 aliphatic heterocycles. The van der Waals surface area contributed by atoms with Crippen LogP contribution in [-0.4, -0.2) is 16.2 Å². The zero-order chi connectivity index (χ0) is 14.8. The Morgan fingerprint density at radius 2 is 1.95 bits per heavy atom. The number of hydrogen-bond donors (Lipinski definition) is 1. The quantitative estimate of drug-likeness (QED) is 0.912. The van der Waals surface area contributed by atoms with Gasteiger partial charge in [0, 0.05) is 12.5 Å². The lowest BCUT2D eigenvalue weighted by atomic mass is 9.84. The molecule has 0 radical (unpaired) electrons. The van der Waals surface area contributed by atoms with E-state index in [1.165, 1.54) is 12.1 Å². The van der Waals surface area contributed by atoms with Crippen molar-refractivity contribution in [3.05, 3.63) is 47.4 Å². The van der Waals surface area contributed by atoms with Crippen molar-refractivity contribution in [2.24, 2.45) is 5.73 Å². The molecular formula is C15H20FN3O. The topological polar surface area (TPSA) is 64.9 Å². The number of halogens is 1. The van der Waals surface area contributed by atoms with Crippen LogP contribution in [0.2, 0.25) is 0 Å². The molecule has 4 nitrogen and oxygen atoms in total. The van der Waals surface area contributed by atoms with Crippen LogP contribution < -0.4 is 5.73 Å². The van der Waals surface area contributed by atoms with Gasteiger partial charge in [-0.1, -0.05) is 17.3 Å². The fourth-order valence-electron chi connectivity index (χ4n) is 1.96. The Bertz CT molecular complexity index is 561. The van der Waals surface area contributed by atoms with E-state index in [1.54, 1.807) is 12.1 Å². The average Bonchev–Trinajstić information content (AvgIpc) is 2.86. The summed E-state index contributed by atoms with van der Waals surface area (Å²) in [7, 11) is 0. The molecule has 2 rings (SSSR count). The second-order valence-corrected chi connectivity index (χ2v) is 5.66. The van der Waals surface area contributed by atoms with Gasteiger partial charge < -0.3 is 10.3 Å². The number of nitrogens with two attached hydrogens (primary N) is 1. The Labute approximate surface area is 118 Å². The third kappa shape index (κ3) is 3.22. The monoisotopic (exact) mass is 277 g/mol. The number of aromatic nitrogens is 2. The Morgan fingerprint density at radius 1 is 1.30 bits per heavy atom. The van der Waals surface area contributed by atoms with Gasteiger partial charge in [-0.3, -0.25) is 0 Å². The average molecular weight is 277 g/mol. The Morgan fingerprint density at radius 3 is 2.55 bits per heavy atom. The first kappa shape index (κ1) is 14.7. The lowest BCUT2D eigenvalue weighted by molar-refractivity contribution is 0.360. The Kier molecular flexibility index (Phi) is 4.18. The van der Waals surface area contributed by atoms with Gasteiger partial charge in [-0.05, 0) is 44.9 Å². The molecule has 5 heteroatoms. The van der Waals surface area contributed by atoms with Crippen LogP contribution in [0.5, 0.6) is 0 Å². The maximum Gasteiger partial charge on any atom is 0.226 e. The normalized spacial score (nSPS) is 13.4. The first-order chi connectivity index (χ1) is 9.39. The second kappa shape index (κ2) is 5.71. The van der Waals surface area contributed by atoms with E-state index in [0.29, 0.717) is 18.1 Å². The third-order valence-electron chi connectivity index (χ3n) is 3.41. The zero-order valence-electron chi connectivity index (χ0n) is 12.1. The molecule has 1 unspecified atom stereocenters. The fraction of sp³-hybridized carbons (Fsp3) is 0.467. The van der Waals surface area contributed by atoms with Crippen molar-refractivity contribution < 1.29 is 8.91 Å². The first-order valence-electron chi connectivity index (χ1n) is 6.74. The van der Waals surface area contributed by atoms with E-state index in [9.17, 15) is 4.39 Å². The third-order valence-corrected chi connectivity index (χ3v) is 3.41. The van der Waals surface area contributed by atoms with Crippen molar-refractivity contribution in [3.8, 4) is 0 Å². The molecule has 2 N–H and O–H groups in total. The number of aryl methyl sites for hydroxylation is 1. The Balaban J connectivity index is 2.19. The highest BCUT2D eigenvalue weighted by Crippen LogP contribution is 2.29. The van der Waals surface area contributed by atoms with Gasteiger partial charge in [-0.2, -0.15) is 4.98 Å². The second-order valence-electron chi connectivity index (χ2n) is 5.66. The van der Waals surface area contributed by atoms with E-state index in [0.717, 1.165) is 12.0 Å². The van der Waals surface area contributed by atoms with Crippen molar-refractivity contribution in [2.75, 3.05) is 0 Å². The van der Waals surface area contributed by atoms with Gasteiger partial charge in [0.1, 0.15) is 5.82 Å². The van der Waals surface area contributed by atoms with Gasteiger partial charge in [0.25, 0.3) is 0 Å². The highest BCUT2D eigenvalue weighted by atomic mass is 19.1. The van der Waals surface area contributed by atoms with Crippen LogP contribution in [-0.2, 0) is 11.8 Å². The number of benzene rings is 1. The molecule has 0 spiro atoms. The van der Waals surface area contributed by atoms with Crippen LogP contribution in [0.3, 0.4) is 0 Å². The summed E-state index contributed by atoms with van der Waals surface area (Å²) in [6.45, 7) is 5.92. The zero-order valence-corrected chi connectivity index (χ0v) is 12.1. The molecule has 0 aliphatic rings. The van der Waals surface area contributed by atoms with Gasteiger partial charge in [0.2, 0.25) is 5.89 Å². The minimum atomic E-state index is -0.427. The van der Waals surface area contributed by atoms with E-state index in [1.807, 2.05) is 20.8 Å². The van der Waals surface area contributed by atoms with Crippen LogP contribution in [0.15, 0.2) is 28.8 Å². The molecule has 0 fully saturated rings. The first-order valence-corrected chi connectivity index (χ1v) is 6.74. The van der Waals surface area contributed by atoms with Crippen molar-refractivity contribution in [1.82, 2.24) is 10.1 Å². The lowest BCUT2D eigenvalue weighted by Gasteiger charge is -2.20. The summed E-state index contributed by atoms with van der Waals surface area (Å²) >= 11 is 0. The summed E-state index contributed by atoms with van der Waals surface area (Å²) in [5, 5.41) is 4.04. The van der Waals surface area contributed by atoms with Gasteiger partial charge in [0.05, 0.1) is 5.41 Å². The summed E-state index contributed by atoms with van der Waals surface area (Å²) in [5.74, 6) is 0.937. The molecule has 0 saturated carbocycles. The van der Waals surface area contributed by atoms with E-state index >= 15 is 0 Å². The van der Waals surface area contributed by atoms with Gasteiger partial charge in [-0.25, -0.2) is 4.39 Å². The summed E-state index contributed by atoms with van der Waals surface area (Å²) in [6, 6.07) is 6.47. The molecule has 0 aliphatic carbocycles. The molecule has 1 aromatic carbocycles. The van der Waals surface area contributed by atoms with Crippen molar-refractivity contribution in [3.63, 3.8) is 0 Å². The van der Waals surface area contributed by atoms with E-state index in [2.05, 4.69) is 10.1 Å². The molecule has 0 bridgehead atoms. The summed E-state index contributed by atoms with van der Waals surface area (Å²) in [4.78, 5) is 4.43. The predicted molar refractivity (Wildman–Crippen MR) is 74.8 cm³/mol. The van der Waals surface area contributed by atoms with Gasteiger partial charge in [-0.15, -0.1) is 0 Å². The smallest absolute Gasteiger partial charge is 0.226 e. The maximum absolute atomic E-state index is 13.0. The summed E-state index contributed by atoms with van der Waals surface area (Å²) in [5.41, 5.74) is 6.23.